The van der Waals surface area contributed by atoms with Gasteiger partial charge in [0.1, 0.15) is 5.01 Å². The first-order valence-electron chi connectivity index (χ1n) is 6.64. The molecule has 0 aliphatic rings. The molecular formula is C14H25N3OS. The summed E-state index contributed by atoms with van der Waals surface area (Å²) in [6, 6.07) is -0.140. The van der Waals surface area contributed by atoms with E-state index in [9.17, 15) is 4.79 Å². The molecule has 0 aromatic carbocycles. The van der Waals surface area contributed by atoms with Crippen LogP contribution in [-0.2, 0) is 4.79 Å². The molecule has 1 amide bonds. The van der Waals surface area contributed by atoms with Crippen LogP contribution in [0.1, 0.15) is 57.3 Å². The lowest BCUT2D eigenvalue weighted by molar-refractivity contribution is -0.122. The van der Waals surface area contributed by atoms with Gasteiger partial charge in [0.2, 0.25) is 5.91 Å². The van der Waals surface area contributed by atoms with E-state index in [4.69, 9.17) is 5.73 Å². The highest BCUT2D eigenvalue weighted by atomic mass is 32.1. The maximum absolute atomic E-state index is 11.9. The summed E-state index contributed by atoms with van der Waals surface area (Å²) in [6.45, 7) is 10.3. The number of aromatic nitrogens is 1. The molecule has 19 heavy (non-hydrogen) atoms. The third-order valence-electron chi connectivity index (χ3n) is 2.71. The van der Waals surface area contributed by atoms with Crippen molar-refractivity contribution in [3.05, 3.63) is 16.1 Å². The summed E-state index contributed by atoms with van der Waals surface area (Å²) in [6.07, 6.45) is 1.21. The summed E-state index contributed by atoms with van der Waals surface area (Å²) in [5, 5.41) is 5.88. The molecule has 0 radical (unpaired) electrons. The van der Waals surface area contributed by atoms with E-state index >= 15 is 0 Å². The van der Waals surface area contributed by atoms with E-state index in [2.05, 4.69) is 31.1 Å². The lowest BCUT2D eigenvalue weighted by atomic mass is 9.87. The van der Waals surface area contributed by atoms with Crippen LogP contribution in [0.5, 0.6) is 0 Å². The summed E-state index contributed by atoms with van der Waals surface area (Å²) in [5.41, 5.74) is 7.15. The highest BCUT2D eigenvalue weighted by molar-refractivity contribution is 7.09. The van der Waals surface area contributed by atoms with Crippen LogP contribution in [0.2, 0.25) is 0 Å². The molecule has 4 nitrogen and oxygen atoms in total. The molecule has 0 aliphatic carbocycles. The normalized spacial score (nSPS) is 15.1. The van der Waals surface area contributed by atoms with Crippen LogP contribution in [0.25, 0.3) is 0 Å². The van der Waals surface area contributed by atoms with Crippen LogP contribution in [0.3, 0.4) is 0 Å². The smallest absolute Gasteiger partial charge is 0.222 e. The van der Waals surface area contributed by atoms with E-state index in [1.165, 1.54) is 0 Å². The predicted octanol–water partition coefficient (Wildman–Crippen LogP) is 2.78. The highest BCUT2D eigenvalue weighted by Crippen LogP contribution is 2.21. The van der Waals surface area contributed by atoms with Crippen LogP contribution in [0.4, 0.5) is 0 Å². The lowest BCUT2D eigenvalue weighted by Gasteiger charge is -2.23. The molecule has 0 aliphatic heterocycles. The number of aryl methyl sites for hydroxylation is 1. The molecule has 0 spiro atoms. The van der Waals surface area contributed by atoms with Gasteiger partial charge < -0.3 is 11.1 Å². The second-order valence-electron chi connectivity index (χ2n) is 6.35. The van der Waals surface area contributed by atoms with Crippen LogP contribution < -0.4 is 11.1 Å². The van der Waals surface area contributed by atoms with Crippen molar-refractivity contribution >= 4 is 17.2 Å². The molecule has 0 saturated carbocycles. The molecule has 5 heteroatoms. The lowest BCUT2D eigenvalue weighted by Crippen LogP contribution is -2.35. The number of nitrogens with two attached hydrogens (primary N) is 1. The van der Waals surface area contributed by atoms with Gasteiger partial charge in [0.15, 0.2) is 0 Å². The number of hydrogen-bond acceptors (Lipinski definition) is 4. The number of nitrogens with zero attached hydrogens (tertiary/aromatic N) is 1. The van der Waals surface area contributed by atoms with Crippen molar-refractivity contribution in [2.24, 2.45) is 11.1 Å². The first kappa shape index (κ1) is 16.1. The van der Waals surface area contributed by atoms with Crippen LogP contribution in [-0.4, -0.2) is 16.9 Å². The van der Waals surface area contributed by atoms with Crippen molar-refractivity contribution in [1.29, 1.82) is 0 Å². The van der Waals surface area contributed by atoms with Crippen molar-refractivity contribution in [1.82, 2.24) is 10.3 Å². The van der Waals surface area contributed by atoms with Crippen molar-refractivity contribution in [2.45, 2.75) is 59.5 Å². The second kappa shape index (κ2) is 6.48. The molecule has 2 unspecified atom stereocenters. The highest BCUT2D eigenvalue weighted by Gasteiger charge is 2.19. The zero-order valence-electron chi connectivity index (χ0n) is 12.5. The molecule has 2 atom stereocenters. The van der Waals surface area contributed by atoms with E-state index in [-0.39, 0.29) is 23.4 Å². The Bertz CT molecular complexity index is 423. The SMILES string of the molecule is Cc1csc(C(C)NC(=O)CC(N)CC(C)(C)C)n1. The number of carbonyl (C=O) groups excluding carboxylic acids is 1. The molecule has 1 rings (SSSR count). The number of amides is 1. The summed E-state index contributed by atoms with van der Waals surface area (Å²) < 4.78 is 0. The van der Waals surface area contributed by atoms with Crippen molar-refractivity contribution in [3.8, 4) is 0 Å². The van der Waals surface area contributed by atoms with Crippen LogP contribution >= 0.6 is 11.3 Å². The Morgan fingerprint density at radius 2 is 2.16 bits per heavy atom. The van der Waals surface area contributed by atoms with Crippen LogP contribution in [0, 0.1) is 12.3 Å². The van der Waals surface area contributed by atoms with Gasteiger partial charge in [0, 0.05) is 23.5 Å². The largest absolute Gasteiger partial charge is 0.347 e. The number of rotatable bonds is 5. The maximum Gasteiger partial charge on any atom is 0.222 e. The third kappa shape index (κ3) is 6.16. The van der Waals surface area contributed by atoms with Gasteiger partial charge in [-0.05, 0) is 25.7 Å². The number of nitrogens with one attached hydrogen (secondary N) is 1. The Morgan fingerprint density at radius 1 is 1.53 bits per heavy atom. The standard InChI is InChI=1S/C14H25N3OS/c1-9-8-19-13(16-9)10(2)17-12(18)6-11(15)7-14(3,4)5/h8,10-11H,6-7,15H2,1-5H3,(H,17,18). The monoisotopic (exact) mass is 283 g/mol. The van der Waals surface area contributed by atoms with Gasteiger partial charge in [0.05, 0.1) is 6.04 Å². The predicted molar refractivity (Wildman–Crippen MR) is 80.1 cm³/mol. The molecule has 1 heterocycles. The molecule has 0 bridgehead atoms. The quantitative estimate of drug-likeness (QED) is 0.873. The van der Waals surface area contributed by atoms with Gasteiger partial charge in [-0.25, -0.2) is 4.98 Å². The molecule has 1 aromatic rings. The van der Waals surface area contributed by atoms with Gasteiger partial charge in [-0.3, -0.25) is 4.79 Å². The fraction of sp³-hybridized carbons (Fsp3) is 0.714. The fourth-order valence-electron chi connectivity index (χ4n) is 2.03. The topological polar surface area (TPSA) is 68.0 Å². The zero-order valence-corrected chi connectivity index (χ0v) is 13.3. The molecular weight excluding hydrogens is 258 g/mol. The second-order valence-corrected chi connectivity index (χ2v) is 7.23. The summed E-state index contributed by atoms with van der Waals surface area (Å²) in [5.74, 6) is -0.00268. The van der Waals surface area contributed by atoms with E-state index in [0.29, 0.717) is 6.42 Å². The molecule has 108 valence electrons. The van der Waals surface area contributed by atoms with Gasteiger partial charge in [-0.2, -0.15) is 0 Å². The molecule has 0 saturated heterocycles. The number of thiazole rings is 1. The van der Waals surface area contributed by atoms with E-state index in [0.717, 1.165) is 17.1 Å². The fourth-order valence-corrected chi connectivity index (χ4v) is 2.83. The Labute approximate surface area is 119 Å². The average Bonchev–Trinajstić information content (AvgIpc) is 2.61. The van der Waals surface area contributed by atoms with E-state index < -0.39 is 0 Å². The Balaban J connectivity index is 2.43. The zero-order chi connectivity index (χ0) is 14.6. The van der Waals surface area contributed by atoms with E-state index in [1.54, 1.807) is 11.3 Å². The van der Waals surface area contributed by atoms with Crippen molar-refractivity contribution in [2.75, 3.05) is 0 Å². The molecule has 0 fully saturated rings. The number of carbonyl (C=O) groups is 1. The van der Waals surface area contributed by atoms with Crippen LogP contribution in [0.15, 0.2) is 5.38 Å². The Hall–Kier alpha value is -0.940. The first-order chi connectivity index (χ1) is 8.67. The Kier molecular flexibility index (Phi) is 5.50. The van der Waals surface area contributed by atoms with Crippen molar-refractivity contribution in [3.63, 3.8) is 0 Å². The van der Waals surface area contributed by atoms with Gasteiger partial charge >= 0.3 is 0 Å². The van der Waals surface area contributed by atoms with E-state index in [1.807, 2.05) is 19.2 Å². The van der Waals surface area contributed by atoms with Crippen molar-refractivity contribution < 1.29 is 4.79 Å². The Morgan fingerprint density at radius 3 is 2.63 bits per heavy atom. The maximum atomic E-state index is 11.9. The van der Waals surface area contributed by atoms with Gasteiger partial charge in [-0.1, -0.05) is 20.8 Å². The summed E-state index contributed by atoms with van der Waals surface area (Å²) in [4.78, 5) is 16.3. The summed E-state index contributed by atoms with van der Waals surface area (Å²) in [7, 11) is 0. The number of hydrogen-bond donors (Lipinski definition) is 2. The summed E-state index contributed by atoms with van der Waals surface area (Å²) >= 11 is 1.57. The molecule has 1 aromatic heterocycles. The minimum atomic E-state index is -0.0924. The third-order valence-corrected chi connectivity index (χ3v) is 3.85. The minimum Gasteiger partial charge on any atom is -0.347 e. The van der Waals surface area contributed by atoms with Gasteiger partial charge in [0.25, 0.3) is 0 Å². The minimum absolute atomic E-state index is 0.00268. The first-order valence-corrected chi connectivity index (χ1v) is 7.52. The van der Waals surface area contributed by atoms with Gasteiger partial charge in [-0.15, -0.1) is 11.3 Å². The molecule has 3 N–H and O–H groups in total. The average molecular weight is 283 g/mol.